The zero-order chi connectivity index (χ0) is 10.9. The molecule has 0 saturated carbocycles. The number of halogens is 2. The Bertz CT molecular complexity index is 387. The van der Waals surface area contributed by atoms with Gasteiger partial charge in [-0.25, -0.2) is 0 Å². The molecule has 14 heavy (non-hydrogen) atoms. The summed E-state index contributed by atoms with van der Waals surface area (Å²) in [6.45, 7) is 0. The van der Waals surface area contributed by atoms with Gasteiger partial charge in [-0.15, -0.1) is 0 Å². The normalized spacial score (nSPS) is 9.86. The topological polar surface area (TPSA) is 86.3 Å². The van der Waals surface area contributed by atoms with E-state index in [0.717, 1.165) is 0 Å². The Hall–Kier alpha value is -1.76. The first-order chi connectivity index (χ1) is 6.43. The second-order valence-electron chi connectivity index (χ2n) is 2.27. The van der Waals surface area contributed by atoms with Crippen LogP contribution in [-0.4, -0.2) is 9.85 Å². The molecule has 0 unspecified atom stereocenters. The maximum atomic E-state index is 13.0. The van der Waals surface area contributed by atoms with Gasteiger partial charge in [0.2, 0.25) is 0 Å². The van der Waals surface area contributed by atoms with Crippen molar-refractivity contribution in [3.63, 3.8) is 0 Å². The van der Waals surface area contributed by atoms with Gasteiger partial charge < -0.3 is 0 Å². The van der Waals surface area contributed by atoms with Crippen LogP contribution in [0.4, 0.5) is 15.8 Å². The number of hydrogen-bond acceptors (Lipinski definition) is 4. The molecule has 1 rings (SSSR count). The molecule has 8 heteroatoms. The third-order valence-corrected chi connectivity index (χ3v) is 1.61. The van der Waals surface area contributed by atoms with Crippen molar-refractivity contribution in [2.75, 3.05) is 0 Å². The average molecular weight is 221 g/mol. The van der Waals surface area contributed by atoms with Crippen LogP contribution in [0.25, 0.3) is 0 Å². The second kappa shape index (κ2) is 3.54. The molecule has 0 fully saturated rings. The van der Waals surface area contributed by atoms with E-state index in [1.54, 1.807) is 0 Å². The van der Waals surface area contributed by atoms with E-state index in [0.29, 0.717) is 12.1 Å². The largest absolute Gasteiger partial charge is 0.313 e. The molecule has 0 radical (unpaired) electrons. The van der Waals surface area contributed by atoms with E-state index in [1.165, 1.54) is 0 Å². The maximum Gasteiger partial charge on any atom is 0.313 e. The van der Waals surface area contributed by atoms with Crippen LogP contribution in [0.5, 0.6) is 0 Å². The van der Waals surface area contributed by atoms with Crippen LogP contribution in [0, 0.1) is 26.0 Å². The first kappa shape index (κ1) is 10.3. The van der Waals surface area contributed by atoms with Crippen LogP contribution in [0.2, 0.25) is 5.02 Å². The Labute approximate surface area is 81.2 Å². The van der Waals surface area contributed by atoms with Gasteiger partial charge in [0, 0.05) is 12.1 Å². The molecule has 0 N–H and O–H groups in total. The molecule has 0 aliphatic rings. The molecule has 0 aromatic heterocycles. The lowest BCUT2D eigenvalue weighted by Gasteiger charge is -1.96. The SMILES string of the molecule is O=[N+]([O-])c1cc(Cl)cc([N+](=O)[O-])c1F. The van der Waals surface area contributed by atoms with Crippen molar-refractivity contribution in [1.29, 1.82) is 0 Å². The predicted octanol–water partition coefficient (Wildman–Crippen LogP) is 2.30. The molecule has 74 valence electrons. The number of benzene rings is 1. The first-order valence-corrected chi connectivity index (χ1v) is 3.59. The summed E-state index contributed by atoms with van der Waals surface area (Å²) in [6.07, 6.45) is 0. The van der Waals surface area contributed by atoms with E-state index >= 15 is 0 Å². The average Bonchev–Trinajstić information content (AvgIpc) is 2.07. The third kappa shape index (κ3) is 1.77. The van der Waals surface area contributed by atoms with Crippen LogP contribution < -0.4 is 0 Å². The quantitative estimate of drug-likeness (QED) is 0.565. The van der Waals surface area contributed by atoms with Gasteiger partial charge in [-0.2, -0.15) is 4.39 Å². The highest BCUT2D eigenvalue weighted by atomic mass is 35.5. The number of nitrogens with zero attached hydrogens (tertiary/aromatic N) is 2. The molecule has 0 heterocycles. The Morgan fingerprint density at radius 1 is 1.14 bits per heavy atom. The van der Waals surface area contributed by atoms with Gasteiger partial charge in [0.25, 0.3) is 5.82 Å². The monoisotopic (exact) mass is 220 g/mol. The summed E-state index contributed by atoms with van der Waals surface area (Å²) < 4.78 is 13.0. The van der Waals surface area contributed by atoms with Crippen LogP contribution in [-0.2, 0) is 0 Å². The van der Waals surface area contributed by atoms with Crippen LogP contribution in [0.15, 0.2) is 12.1 Å². The molecule has 0 bridgehead atoms. The fourth-order valence-electron chi connectivity index (χ4n) is 0.827. The first-order valence-electron chi connectivity index (χ1n) is 3.21. The lowest BCUT2D eigenvalue weighted by atomic mass is 10.2. The molecule has 0 saturated heterocycles. The van der Waals surface area contributed by atoms with Gasteiger partial charge in [-0.3, -0.25) is 20.2 Å². The van der Waals surface area contributed by atoms with Crippen molar-refractivity contribution in [2.45, 2.75) is 0 Å². The second-order valence-corrected chi connectivity index (χ2v) is 2.71. The van der Waals surface area contributed by atoms with Crippen molar-refractivity contribution in [3.05, 3.63) is 43.2 Å². The third-order valence-electron chi connectivity index (χ3n) is 1.39. The van der Waals surface area contributed by atoms with Gasteiger partial charge in [0.15, 0.2) is 0 Å². The highest BCUT2D eigenvalue weighted by Gasteiger charge is 2.26. The Balaban J connectivity index is 3.47. The molecular weight excluding hydrogens is 219 g/mol. The molecule has 6 nitrogen and oxygen atoms in total. The molecule has 0 spiro atoms. The van der Waals surface area contributed by atoms with E-state index in [4.69, 9.17) is 11.6 Å². The summed E-state index contributed by atoms with van der Waals surface area (Å²) in [7, 11) is 0. The minimum Gasteiger partial charge on any atom is -0.258 e. The molecule has 0 aliphatic carbocycles. The number of rotatable bonds is 2. The van der Waals surface area contributed by atoms with Gasteiger partial charge in [-0.05, 0) is 0 Å². The molecule has 0 aliphatic heterocycles. The highest BCUT2D eigenvalue weighted by Crippen LogP contribution is 2.30. The van der Waals surface area contributed by atoms with Crippen LogP contribution >= 0.6 is 11.6 Å². The lowest BCUT2D eigenvalue weighted by Crippen LogP contribution is -1.98. The molecular formula is C6H2ClFN2O4. The molecule has 0 atom stereocenters. The van der Waals surface area contributed by atoms with Crippen molar-refractivity contribution in [2.24, 2.45) is 0 Å². The number of hydrogen-bond donors (Lipinski definition) is 0. The summed E-state index contributed by atoms with van der Waals surface area (Å²) in [5, 5.41) is 20.2. The summed E-state index contributed by atoms with van der Waals surface area (Å²) in [5.74, 6) is -1.50. The Morgan fingerprint density at radius 2 is 1.50 bits per heavy atom. The molecule has 1 aromatic carbocycles. The fourth-order valence-corrected chi connectivity index (χ4v) is 1.03. The Kier molecular flexibility index (Phi) is 2.61. The zero-order valence-corrected chi connectivity index (χ0v) is 7.19. The lowest BCUT2D eigenvalue weighted by molar-refractivity contribution is -0.399. The maximum absolute atomic E-state index is 13.0. The van der Waals surface area contributed by atoms with E-state index in [2.05, 4.69) is 0 Å². The van der Waals surface area contributed by atoms with Gasteiger partial charge in [0.05, 0.1) is 14.9 Å². The van der Waals surface area contributed by atoms with Crippen molar-refractivity contribution < 1.29 is 14.2 Å². The summed E-state index contributed by atoms with van der Waals surface area (Å²) in [5.41, 5.74) is -2.02. The number of nitro groups is 2. The van der Waals surface area contributed by atoms with Crippen molar-refractivity contribution in [3.8, 4) is 0 Å². The summed E-state index contributed by atoms with van der Waals surface area (Å²) in [6, 6.07) is 1.42. The van der Waals surface area contributed by atoms with Gasteiger partial charge in [0.1, 0.15) is 0 Å². The number of nitro benzene ring substituents is 2. The van der Waals surface area contributed by atoms with Crippen molar-refractivity contribution >= 4 is 23.0 Å². The minimum atomic E-state index is -1.50. The summed E-state index contributed by atoms with van der Waals surface area (Å²) >= 11 is 5.33. The van der Waals surface area contributed by atoms with Crippen molar-refractivity contribution in [1.82, 2.24) is 0 Å². The highest BCUT2D eigenvalue weighted by molar-refractivity contribution is 6.31. The van der Waals surface area contributed by atoms with E-state index < -0.39 is 27.0 Å². The van der Waals surface area contributed by atoms with Gasteiger partial charge >= 0.3 is 11.4 Å². The summed E-state index contributed by atoms with van der Waals surface area (Å²) in [4.78, 5) is 18.3. The van der Waals surface area contributed by atoms with Crippen LogP contribution in [0.3, 0.4) is 0 Å². The smallest absolute Gasteiger partial charge is 0.258 e. The standard InChI is InChI=1S/C6H2ClFN2O4/c7-3-1-4(9(11)12)6(8)5(2-3)10(13)14/h1-2H. The minimum absolute atomic E-state index is 0.259. The van der Waals surface area contributed by atoms with E-state index in [-0.39, 0.29) is 5.02 Å². The fraction of sp³-hybridized carbons (Fsp3) is 0. The molecule has 0 amide bonds. The Morgan fingerprint density at radius 3 is 1.79 bits per heavy atom. The molecule has 1 aromatic rings. The predicted molar refractivity (Wildman–Crippen MR) is 44.7 cm³/mol. The van der Waals surface area contributed by atoms with E-state index in [1.807, 2.05) is 0 Å². The zero-order valence-electron chi connectivity index (χ0n) is 6.44. The van der Waals surface area contributed by atoms with Gasteiger partial charge in [-0.1, -0.05) is 11.6 Å². The van der Waals surface area contributed by atoms with Crippen LogP contribution in [0.1, 0.15) is 0 Å². The van der Waals surface area contributed by atoms with E-state index in [9.17, 15) is 24.6 Å².